The lowest BCUT2D eigenvalue weighted by molar-refractivity contribution is 0.213. The molecule has 6 heteroatoms. The van der Waals surface area contributed by atoms with E-state index in [0.29, 0.717) is 17.6 Å². The average Bonchev–Trinajstić information content (AvgIpc) is 2.45. The van der Waals surface area contributed by atoms with Gasteiger partial charge >= 0.3 is 6.03 Å². The number of nitrogens with one attached hydrogen (secondary N) is 2. The zero-order chi connectivity index (χ0) is 16.0. The molecule has 0 saturated heterocycles. The number of amides is 2. The smallest absolute Gasteiger partial charge is 0.315 e. The summed E-state index contributed by atoms with van der Waals surface area (Å²) < 4.78 is 26.3. The van der Waals surface area contributed by atoms with E-state index in [1.807, 2.05) is 6.92 Å². The Balaban J connectivity index is 2.85. The van der Waals surface area contributed by atoms with Gasteiger partial charge in [-0.3, -0.25) is 0 Å². The zero-order valence-corrected chi connectivity index (χ0v) is 12.1. The van der Waals surface area contributed by atoms with Crippen molar-refractivity contribution in [3.8, 4) is 0 Å². The molecule has 0 saturated carbocycles. The van der Waals surface area contributed by atoms with E-state index < -0.39 is 23.7 Å². The van der Waals surface area contributed by atoms with Gasteiger partial charge in [0.15, 0.2) is 11.6 Å². The molecule has 0 spiro atoms. The van der Waals surface area contributed by atoms with Gasteiger partial charge in [0.1, 0.15) is 0 Å². The fourth-order valence-electron chi connectivity index (χ4n) is 1.82. The van der Waals surface area contributed by atoms with Crippen molar-refractivity contribution in [1.29, 1.82) is 0 Å². The maximum atomic E-state index is 13.3. The fraction of sp³-hybridized carbons (Fsp3) is 0.400. The predicted octanol–water partition coefficient (Wildman–Crippen LogP) is 2.65. The molecule has 0 aliphatic carbocycles. The SMILES string of the molecule is C=C(C)[C@@H](NC(=O)N[C@H](CC)CO)c1ccc(F)c(F)c1. The van der Waals surface area contributed by atoms with Gasteiger partial charge in [-0.2, -0.15) is 0 Å². The second-order valence-electron chi connectivity index (χ2n) is 4.86. The van der Waals surface area contributed by atoms with E-state index >= 15 is 0 Å². The second-order valence-corrected chi connectivity index (χ2v) is 4.86. The summed E-state index contributed by atoms with van der Waals surface area (Å²) in [4.78, 5) is 11.9. The van der Waals surface area contributed by atoms with Crippen LogP contribution in [0.1, 0.15) is 31.9 Å². The summed E-state index contributed by atoms with van der Waals surface area (Å²) in [5.41, 5.74) is 0.974. The first-order valence-corrected chi connectivity index (χ1v) is 6.67. The largest absolute Gasteiger partial charge is 0.394 e. The van der Waals surface area contributed by atoms with Crippen molar-refractivity contribution in [2.24, 2.45) is 0 Å². The van der Waals surface area contributed by atoms with Gasteiger partial charge in [-0.15, -0.1) is 0 Å². The van der Waals surface area contributed by atoms with Crippen molar-refractivity contribution in [3.05, 3.63) is 47.5 Å². The van der Waals surface area contributed by atoms with Crippen molar-refractivity contribution >= 4 is 6.03 Å². The molecule has 1 aromatic carbocycles. The quantitative estimate of drug-likeness (QED) is 0.707. The molecule has 0 aromatic heterocycles. The highest BCUT2D eigenvalue weighted by Gasteiger charge is 2.18. The first-order valence-electron chi connectivity index (χ1n) is 6.67. The van der Waals surface area contributed by atoms with Gasteiger partial charge in [0, 0.05) is 0 Å². The third-order valence-corrected chi connectivity index (χ3v) is 3.09. The van der Waals surface area contributed by atoms with Crippen LogP contribution in [0.4, 0.5) is 13.6 Å². The summed E-state index contributed by atoms with van der Waals surface area (Å²) in [7, 11) is 0. The first kappa shape index (κ1) is 17.1. The van der Waals surface area contributed by atoms with Gasteiger partial charge in [0.25, 0.3) is 0 Å². The van der Waals surface area contributed by atoms with Crippen LogP contribution in [0.2, 0.25) is 0 Å². The Morgan fingerprint density at radius 2 is 2.00 bits per heavy atom. The monoisotopic (exact) mass is 298 g/mol. The Hall–Kier alpha value is -1.95. The Labute approximate surface area is 122 Å². The number of benzene rings is 1. The number of carbonyl (C=O) groups excluding carboxylic acids is 1. The predicted molar refractivity (Wildman–Crippen MR) is 76.7 cm³/mol. The summed E-state index contributed by atoms with van der Waals surface area (Å²) in [5.74, 6) is -1.93. The van der Waals surface area contributed by atoms with Crippen LogP contribution in [-0.4, -0.2) is 23.8 Å². The molecule has 0 heterocycles. The molecule has 116 valence electrons. The minimum atomic E-state index is -0.984. The van der Waals surface area contributed by atoms with Crippen LogP contribution in [0.15, 0.2) is 30.4 Å². The molecule has 0 aliphatic rings. The van der Waals surface area contributed by atoms with E-state index in [9.17, 15) is 13.6 Å². The topological polar surface area (TPSA) is 61.4 Å². The van der Waals surface area contributed by atoms with Crippen LogP contribution in [0, 0.1) is 11.6 Å². The molecule has 2 amide bonds. The fourth-order valence-corrected chi connectivity index (χ4v) is 1.82. The molecular weight excluding hydrogens is 278 g/mol. The number of aliphatic hydroxyl groups is 1. The second kappa shape index (κ2) is 7.73. The number of hydrogen-bond acceptors (Lipinski definition) is 2. The molecule has 1 rings (SSSR count). The maximum Gasteiger partial charge on any atom is 0.315 e. The van der Waals surface area contributed by atoms with Gasteiger partial charge in [0.2, 0.25) is 0 Å². The Kier molecular flexibility index (Phi) is 6.30. The van der Waals surface area contributed by atoms with Crippen LogP contribution in [0.3, 0.4) is 0 Å². The lowest BCUT2D eigenvalue weighted by Gasteiger charge is -2.22. The standard InChI is InChI=1S/C15H20F2N2O2/c1-4-11(8-20)18-15(21)19-14(9(2)3)10-5-6-12(16)13(17)7-10/h5-7,11,14,20H,2,4,8H2,1,3H3,(H2,18,19,21)/t11-,14-/m1/s1. The van der Waals surface area contributed by atoms with E-state index in [2.05, 4.69) is 17.2 Å². The first-order chi connectivity index (χ1) is 9.88. The molecule has 2 atom stereocenters. The summed E-state index contributed by atoms with van der Waals surface area (Å²) in [6, 6.07) is 1.91. The third kappa shape index (κ3) is 4.82. The molecule has 3 N–H and O–H groups in total. The van der Waals surface area contributed by atoms with Crippen molar-refractivity contribution in [1.82, 2.24) is 10.6 Å². The van der Waals surface area contributed by atoms with Crippen LogP contribution in [-0.2, 0) is 0 Å². The van der Waals surface area contributed by atoms with Gasteiger partial charge in [-0.1, -0.05) is 25.1 Å². The van der Waals surface area contributed by atoms with Crippen LogP contribution < -0.4 is 10.6 Å². The molecule has 21 heavy (non-hydrogen) atoms. The molecule has 0 fully saturated rings. The van der Waals surface area contributed by atoms with Crippen molar-refractivity contribution in [3.63, 3.8) is 0 Å². The third-order valence-electron chi connectivity index (χ3n) is 3.09. The molecule has 1 aromatic rings. The lowest BCUT2D eigenvalue weighted by Crippen LogP contribution is -2.45. The Bertz CT molecular complexity index is 516. The summed E-state index contributed by atoms with van der Waals surface area (Å²) in [5, 5.41) is 14.3. The van der Waals surface area contributed by atoms with E-state index in [1.54, 1.807) is 6.92 Å². The number of hydrogen-bond donors (Lipinski definition) is 3. The van der Waals surface area contributed by atoms with Gasteiger partial charge in [0.05, 0.1) is 18.7 Å². The van der Waals surface area contributed by atoms with E-state index in [-0.39, 0.29) is 12.6 Å². The average molecular weight is 298 g/mol. The number of carbonyl (C=O) groups is 1. The maximum absolute atomic E-state index is 13.3. The molecular formula is C15H20F2N2O2. The lowest BCUT2D eigenvalue weighted by atomic mass is 10.0. The van der Waals surface area contributed by atoms with Crippen molar-refractivity contribution in [2.75, 3.05) is 6.61 Å². The highest BCUT2D eigenvalue weighted by Crippen LogP contribution is 2.22. The highest BCUT2D eigenvalue weighted by molar-refractivity contribution is 5.75. The summed E-state index contributed by atoms with van der Waals surface area (Å²) >= 11 is 0. The minimum absolute atomic E-state index is 0.174. The van der Waals surface area contributed by atoms with Crippen LogP contribution in [0.5, 0.6) is 0 Å². The van der Waals surface area contributed by atoms with E-state index in [4.69, 9.17) is 5.11 Å². The Morgan fingerprint density at radius 1 is 1.33 bits per heavy atom. The summed E-state index contributed by atoms with van der Waals surface area (Å²) in [6.07, 6.45) is 0.576. The molecule has 0 unspecified atom stereocenters. The molecule has 0 bridgehead atoms. The van der Waals surface area contributed by atoms with Gasteiger partial charge < -0.3 is 15.7 Å². The molecule has 4 nitrogen and oxygen atoms in total. The normalized spacial score (nSPS) is 13.4. The molecule has 0 aliphatic heterocycles. The number of aliphatic hydroxyl groups excluding tert-OH is 1. The Morgan fingerprint density at radius 3 is 2.48 bits per heavy atom. The highest BCUT2D eigenvalue weighted by atomic mass is 19.2. The summed E-state index contributed by atoms with van der Waals surface area (Å²) in [6.45, 7) is 7.08. The minimum Gasteiger partial charge on any atom is -0.394 e. The number of rotatable bonds is 6. The van der Waals surface area contributed by atoms with Crippen molar-refractivity contribution in [2.45, 2.75) is 32.4 Å². The molecule has 0 radical (unpaired) electrons. The zero-order valence-electron chi connectivity index (χ0n) is 12.1. The number of halogens is 2. The van der Waals surface area contributed by atoms with E-state index in [0.717, 1.165) is 12.1 Å². The number of urea groups is 1. The van der Waals surface area contributed by atoms with Gasteiger partial charge in [-0.05, 0) is 31.0 Å². The van der Waals surface area contributed by atoms with Gasteiger partial charge in [-0.25, -0.2) is 13.6 Å². The van der Waals surface area contributed by atoms with E-state index in [1.165, 1.54) is 6.07 Å². The van der Waals surface area contributed by atoms with Crippen molar-refractivity contribution < 1.29 is 18.7 Å². The van der Waals surface area contributed by atoms with Crippen LogP contribution >= 0.6 is 0 Å². The van der Waals surface area contributed by atoms with Crippen LogP contribution in [0.25, 0.3) is 0 Å².